The number of aliphatic carboxylic acids is 1. The molecule has 6 nitrogen and oxygen atoms in total. The summed E-state index contributed by atoms with van der Waals surface area (Å²) in [6.07, 6.45) is 7.88. The highest BCUT2D eigenvalue weighted by Gasteiger charge is 2.36. The predicted molar refractivity (Wildman–Crippen MR) is 80.9 cm³/mol. The quantitative estimate of drug-likeness (QED) is 0.890. The molecule has 6 heteroatoms. The van der Waals surface area contributed by atoms with Crippen molar-refractivity contribution in [2.75, 3.05) is 13.1 Å². The summed E-state index contributed by atoms with van der Waals surface area (Å²) in [5.41, 5.74) is -0.197. The van der Waals surface area contributed by atoms with Crippen LogP contribution < -0.4 is 5.56 Å². The summed E-state index contributed by atoms with van der Waals surface area (Å²) in [6, 6.07) is 1.82. The molecule has 2 unspecified atom stereocenters. The largest absolute Gasteiger partial charge is 0.480 e. The first-order chi connectivity index (χ1) is 10.6. The Morgan fingerprint density at radius 2 is 2.09 bits per heavy atom. The number of carbonyl (C=O) groups is 1. The predicted octanol–water partition coefficient (Wildman–Crippen LogP) is 2.18. The van der Waals surface area contributed by atoms with E-state index in [1.807, 2.05) is 0 Å². The summed E-state index contributed by atoms with van der Waals surface area (Å²) >= 11 is 0. The Labute approximate surface area is 129 Å². The van der Waals surface area contributed by atoms with Gasteiger partial charge in [0.2, 0.25) is 0 Å². The second kappa shape index (κ2) is 6.69. The Hall–Kier alpha value is -1.56. The standard InChI is InChI=1S/C16H24N2O4/c19-15-9-14(22-17-15)12-6-7-18(10-16(20)21)13(8-12)11-4-2-1-3-5-11/h9,11-13H,1-8,10H2,(H,17,19)(H,20,21). The van der Waals surface area contributed by atoms with Crippen LogP contribution in [-0.4, -0.2) is 40.3 Å². The lowest BCUT2D eigenvalue weighted by molar-refractivity contribution is -0.139. The van der Waals surface area contributed by atoms with Gasteiger partial charge in [-0.05, 0) is 38.1 Å². The van der Waals surface area contributed by atoms with Crippen molar-refractivity contribution in [2.45, 2.75) is 56.9 Å². The van der Waals surface area contributed by atoms with E-state index in [9.17, 15) is 9.59 Å². The van der Waals surface area contributed by atoms with Gasteiger partial charge in [-0.1, -0.05) is 19.3 Å². The van der Waals surface area contributed by atoms with E-state index in [0.717, 1.165) is 25.1 Å². The number of aromatic amines is 1. The summed E-state index contributed by atoms with van der Waals surface area (Å²) in [5, 5.41) is 11.5. The number of rotatable bonds is 4. The smallest absolute Gasteiger partial charge is 0.317 e. The van der Waals surface area contributed by atoms with Crippen LogP contribution >= 0.6 is 0 Å². The van der Waals surface area contributed by atoms with Gasteiger partial charge in [0, 0.05) is 18.0 Å². The highest BCUT2D eigenvalue weighted by molar-refractivity contribution is 5.69. The van der Waals surface area contributed by atoms with Gasteiger partial charge in [-0.15, -0.1) is 0 Å². The maximum Gasteiger partial charge on any atom is 0.317 e. The van der Waals surface area contributed by atoms with Crippen molar-refractivity contribution >= 4 is 5.97 Å². The maximum atomic E-state index is 11.3. The molecular formula is C16H24N2O4. The average Bonchev–Trinajstić information content (AvgIpc) is 2.94. The first-order valence-electron chi connectivity index (χ1n) is 8.27. The van der Waals surface area contributed by atoms with Crippen molar-refractivity contribution in [3.8, 4) is 0 Å². The van der Waals surface area contributed by atoms with Crippen molar-refractivity contribution in [1.82, 2.24) is 10.1 Å². The summed E-state index contributed by atoms with van der Waals surface area (Å²) in [6.45, 7) is 0.873. The van der Waals surface area contributed by atoms with Crippen LogP contribution in [0.3, 0.4) is 0 Å². The first-order valence-corrected chi connectivity index (χ1v) is 8.27. The monoisotopic (exact) mass is 308 g/mol. The number of nitrogens with one attached hydrogen (secondary N) is 1. The molecule has 2 atom stereocenters. The van der Waals surface area contributed by atoms with Gasteiger partial charge in [-0.2, -0.15) is 5.16 Å². The molecule has 1 saturated carbocycles. The van der Waals surface area contributed by atoms with E-state index >= 15 is 0 Å². The minimum Gasteiger partial charge on any atom is -0.480 e. The number of hydrogen-bond donors (Lipinski definition) is 2. The first kappa shape index (κ1) is 15.3. The number of aromatic nitrogens is 1. The van der Waals surface area contributed by atoms with Gasteiger partial charge in [-0.3, -0.25) is 14.5 Å². The van der Waals surface area contributed by atoms with Gasteiger partial charge < -0.3 is 9.63 Å². The van der Waals surface area contributed by atoms with Crippen LogP contribution in [0, 0.1) is 5.92 Å². The normalized spacial score (nSPS) is 27.8. The van der Waals surface area contributed by atoms with Crippen LogP contribution in [0.25, 0.3) is 0 Å². The van der Waals surface area contributed by atoms with Gasteiger partial charge in [-0.25, -0.2) is 0 Å². The number of carboxylic acids is 1. The van der Waals surface area contributed by atoms with Crippen LogP contribution in [-0.2, 0) is 4.79 Å². The van der Waals surface area contributed by atoms with E-state index in [-0.39, 0.29) is 24.1 Å². The van der Waals surface area contributed by atoms with Gasteiger partial charge in [0.15, 0.2) is 0 Å². The fourth-order valence-electron chi connectivity index (χ4n) is 4.18. The number of H-pyrrole nitrogens is 1. The lowest BCUT2D eigenvalue weighted by atomic mass is 9.76. The zero-order valence-electron chi connectivity index (χ0n) is 12.8. The molecule has 1 aromatic rings. The third kappa shape index (κ3) is 3.43. The van der Waals surface area contributed by atoms with Crippen molar-refractivity contribution in [3.63, 3.8) is 0 Å². The van der Waals surface area contributed by atoms with Gasteiger partial charge in [0.25, 0.3) is 5.56 Å². The minimum atomic E-state index is -0.757. The highest BCUT2D eigenvalue weighted by atomic mass is 16.5. The number of likely N-dealkylation sites (tertiary alicyclic amines) is 1. The SMILES string of the molecule is O=C(O)CN1CCC(c2cc(=O)[nH]o2)CC1C1CCCCC1. The molecule has 0 aromatic carbocycles. The summed E-state index contributed by atoms with van der Waals surface area (Å²) in [4.78, 5) is 24.6. The summed E-state index contributed by atoms with van der Waals surface area (Å²) in [7, 11) is 0. The number of nitrogens with zero attached hydrogens (tertiary/aromatic N) is 1. The maximum absolute atomic E-state index is 11.3. The zero-order valence-corrected chi connectivity index (χ0v) is 12.8. The van der Waals surface area contributed by atoms with E-state index in [1.165, 1.54) is 38.2 Å². The minimum absolute atomic E-state index is 0.116. The van der Waals surface area contributed by atoms with Crippen molar-refractivity contribution in [2.24, 2.45) is 5.92 Å². The number of carboxylic acid groups (broad SMARTS) is 1. The average molecular weight is 308 g/mol. The van der Waals surface area contributed by atoms with Crippen molar-refractivity contribution < 1.29 is 14.4 Å². The molecule has 0 radical (unpaired) electrons. The van der Waals surface area contributed by atoms with Crippen molar-refractivity contribution in [1.29, 1.82) is 0 Å². The molecule has 2 heterocycles. The molecule has 122 valence electrons. The lowest BCUT2D eigenvalue weighted by Gasteiger charge is -2.43. The molecule has 1 aromatic heterocycles. The molecular weight excluding hydrogens is 284 g/mol. The van der Waals surface area contributed by atoms with E-state index in [0.29, 0.717) is 5.92 Å². The molecule has 0 spiro atoms. The molecule has 2 aliphatic rings. The summed E-state index contributed by atoms with van der Waals surface area (Å²) < 4.78 is 5.28. The van der Waals surface area contributed by atoms with E-state index in [2.05, 4.69) is 10.1 Å². The Morgan fingerprint density at radius 3 is 2.73 bits per heavy atom. The van der Waals surface area contributed by atoms with Gasteiger partial charge in [0.1, 0.15) is 5.76 Å². The third-order valence-electron chi connectivity index (χ3n) is 5.24. The number of piperidine rings is 1. The molecule has 0 bridgehead atoms. The topological polar surface area (TPSA) is 86.5 Å². The Morgan fingerprint density at radius 1 is 1.32 bits per heavy atom. The van der Waals surface area contributed by atoms with E-state index in [1.54, 1.807) is 0 Å². The Balaban J connectivity index is 1.75. The van der Waals surface area contributed by atoms with Crippen LogP contribution in [0.5, 0.6) is 0 Å². The second-order valence-electron chi connectivity index (χ2n) is 6.67. The fraction of sp³-hybridized carbons (Fsp3) is 0.750. The van der Waals surface area contributed by atoms with Crippen LogP contribution in [0.1, 0.15) is 56.6 Å². The van der Waals surface area contributed by atoms with Gasteiger partial charge in [0.05, 0.1) is 6.54 Å². The molecule has 3 rings (SSSR count). The zero-order chi connectivity index (χ0) is 15.5. The highest BCUT2D eigenvalue weighted by Crippen LogP contribution is 2.38. The van der Waals surface area contributed by atoms with E-state index in [4.69, 9.17) is 9.63 Å². The molecule has 2 N–H and O–H groups in total. The third-order valence-corrected chi connectivity index (χ3v) is 5.24. The molecule has 1 aliphatic heterocycles. The van der Waals surface area contributed by atoms with Crippen molar-refractivity contribution in [3.05, 3.63) is 22.2 Å². The lowest BCUT2D eigenvalue weighted by Crippen LogP contribution is -2.48. The van der Waals surface area contributed by atoms with E-state index < -0.39 is 5.97 Å². The second-order valence-corrected chi connectivity index (χ2v) is 6.67. The molecule has 2 fully saturated rings. The van der Waals surface area contributed by atoms with Crippen LogP contribution in [0.4, 0.5) is 0 Å². The number of hydrogen-bond acceptors (Lipinski definition) is 4. The Kier molecular flexibility index (Phi) is 4.66. The summed E-state index contributed by atoms with van der Waals surface area (Å²) in [5.74, 6) is 0.755. The molecule has 0 amide bonds. The molecule has 1 aliphatic carbocycles. The molecule has 22 heavy (non-hydrogen) atoms. The molecule has 1 saturated heterocycles. The fourth-order valence-corrected chi connectivity index (χ4v) is 4.18. The van der Waals surface area contributed by atoms with Crippen LogP contribution in [0.2, 0.25) is 0 Å². The Bertz CT molecular complexity index is 558. The van der Waals surface area contributed by atoms with Gasteiger partial charge >= 0.3 is 5.97 Å². The van der Waals surface area contributed by atoms with Crippen LogP contribution in [0.15, 0.2) is 15.4 Å².